The quantitative estimate of drug-likeness (QED) is 0.140. The van der Waals surface area contributed by atoms with Crippen molar-refractivity contribution in [3.05, 3.63) is 0 Å². The smallest absolute Gasteiger partial charge is 0.547 e. The molecule has 0 saturated carbocycles. The van der Waals surface area contributed by atoms with Crippen LogP contribution in [0, 0.1) is 0 Å². The number of hydrogen-bond acceptors (Lipinski definition) is 14. The Hall–Kier alpha value is -0.941. The van der Waals surface area contributed by atoms with Crippen LogP contribution >= 0.6 is 0 Å². The molecule has 162 valence electrons. The van der Waals surface area contributed by atoms with Crippen molar-refractivity contribution < 1.29 is 87.9 Å². The molecule has 8 atom stereocenters. The molecule has 0 saturated heterocycles. The van der Waals surface area contributed by atoms with Crippen molar-refractivity contribution >= 4 is 11.9 Å². The summed E-state index contributed by atoms with van der Waals surface area (Å²) >= 11 is 0. The Kier molecular flexibility index (Phi) is 17.1. The van der Waals surface area contributed by atoms with Gasteiger partial charge in [-0.3, -0.25) is 0 Å². The van der Waals surface area contributed by atoms with Gasteiger partial charge in [-0.1, -0.05) is 0 Å². The molecule has 0 aliphatic heterocycles. The van der Waals surface area contributed by atoms with Crippen LogP contribution in [-0.4, -0.2) is 125 Å². The molecule has 0 aromatic heterocycles. The summed E-state index contributed by atoms with van der Waals surface area (Å²) in [5.41, 5.74) is 0. The molecule has 0 aliphatic carbocycles. The Labute approximate surface area is 162 Å². The van der Waals surface area contributed by atoms with Gasteiger partial charge < -0.3 is 70.9 Å². The van der Waals surface area contributed by atoms with Crippen LogP contribution in [0.4, 0.5) is 0 Å². The van der Waals surface area contributed by atoms with Gasteiger partial charge in [-0.25, -0.2) is 0 Å². The molecule has 0 radical (unpaired) electrons. The van der Waals surface area contributed by atoms with Crippen LogP contribution in [0.3, 0.4) is 0 Å². The van der Waals surface area contributed by atoms with Crippen molar-refractivity contribution in [3.8, 4) is 0 Å². The van der Waals surface area contributed by atoms with Gasteiger partial charge in [-0.15, -0.1) is 0 Å². The zero-order valence-corrected chi connectivity index (χ0v) is 14.6. The summed E-state index contributed by atoms with van der Waals surface area (Å²) < 4.78 is 0. The third-order valence-corrected chi connectivity index (χ3v) is 2.99. The first-order valence-electron chi connectivity index (χ1n) is 6.91. The van der Waals surface area contributed by atoms with E-state index in [9.17, 15) is 19.8 Å². The molecule has 0 aromatic carbocycles. The van der Waals surface area contributed by atoms with E-state index in [1.54, 1.807) is 0 Å². The van der Waals surface area contributed by atoms with Crippen LogP contribution in [0.5, 0.6) is 0 Å². The Balaban J connectivity index is -0.000000411. The Bertz CT molecular complexity index is 385. The molecule has 0 rings (SSSR count). The summed E-state index contributed by atoms with van der Waals surface area (Å²) in [6.07, 6.45) is -16.2. The van der Waals surface area contributed by atoms with E-state index < -0.39 is 74.0 Å². The van der Waals surface area contributed by atoms with Crippen molar-refractivity contribution in [3.63, 3.8) is 0 Å². The number of hydrogen-bond donors (Lipinski definition) is 10. The minimum absolute atomic E-state index is 0. The molecule has 27 heavy (non-hydrogen) atoms. The topological polar surface area (TPSA) is 283 Å². The molecule has 0 aliphatic rings. The second-order valence-electron chi connectivity index (χ2n) is 4.99. The maximum Gasteiger partial charge on any atom is 2.00 e. The van der Waals surface area contributed by atoms with Gasteiger partial charge in [0.15, 0.2) is 0 Å². The van der Waals surface area contributed by atoms with E-state index in [4.69, 9.17) is 51.1 Å². The number of aliphatic carboxylic acids is 2. The molecule has 0 amide bonds. The van der Waals surface area contributed by atoms with Gasteiger partial charge in [0.1, 0.15) is 48.8 Å². The van der Waals surface area contributed by atoms with E-state index in [2.05, 4.69) is 0 Å². The fraction of sp³-hybridized carbons (Fsp3) is 0.833. The standard InChI is InChI=1S/2C6H12O7.Fe/c2*7-1-2(8)3(9)4(10)5(11)6(12)13;/h2*2-5,7-11H,1H2,(H,12,13);/q;;+2/p-2/t2*2-,3+,4+,5+;/m00./s1. The Morgan fingerprint density at radius 1 is 0.593 bits per heavy atom. The van der Waals surface area contributed by atoms with E-state index in [1.165, 1.54) is 0 Å². The minimum Gasteiger partial charge on any atom is -0.547 e. The summed E-state index contributed by atoms with van der Waals surface area (Å²) in [4.78, 5) is 20.0. The SMILES string of the molecule is O=C([O-])[C@H](O)[C@H](O)[C@H](O)[C@@H](O)CO.O=C([O-])[C@H](O)[C@H](O)[C@H](O)[C@@H](O)CO.[Fe+2]. The van der Waals surface area contributed by atoms with Crippen molar-refractivity contribution in [2.75, 3.05) is 13.2 Å². The molecular weight excluding hydrogens is 424 g/mol. The first-order chi connectivity index (χ1) is 11.8. The maximum atomic E-state index is 9.98. The van der Waals surface area contributed by atoms with Gasteiger partial charge in [0.25, 0.3) is 0 Å². The third kappa shape index (κ3) is 10.8. The molecule has 0 aromatic rings. The van der Waals surface area contributed by atoms with E-state index in [-0.39, 0.29) is 17.1 Å². The average Bonchev–Trinajstić information content (AvgIpc) is 2.62. The van der Waals surface area contributed by atoms with Crippen molar-refractivity contribution in [2.45, 2.75) is 48.8 Å². The number of carbonyl (C=O) groups is 2. The van der Waals surface area contributed by atoms with E-state index >= 15 is 0 Å². The second-order valence-corrected chi connectivity index (χ2v) is 4.99. The summed E-state index contributed by atoms with van der Waals surface area (Å²) in [5.74, 6) is -3.95. The van der Waals surface area contributed by atoms with Crippen LogP contribution < -0.4 is 10.2 Å². The first-order valence-corrected chi connectivity index (χ1v) is 6.91. The molecule has 0 heterocycles. The van der Waals surface area contributed by atoms with Crippen molar-refractivity contribution in [1.82, 2.24) is 0 Å². The molecule has 10 N–H and O–H groups in total. The van der Waals surface area contributed by atoms with E-state index in [0.717, 1.165) is 0 Å². The van der Waals surface area contributed by atoms with Crippen LogP contribution in [0.25, 0.3) is 0 Å². The number of carboxylic acid groups (broad SMARTS) is 2. The van der Waals surface area contributed by atoms with Crippen LogP contribution in [0.15, 0.2) is 0 Å². The fourth-order valence-corrected chi connectivity index (χ4v) is 1.32. The molecule has 0 unspecified atom stereocenters. The first kappa shape index (κ1) is 30.8. The van der Waals surface area contributed by atoms with Gasteiger partial charge in [0.05, 0.1) is 25.2 Å². The average molecular weight is 446 g/mol. The number of aliphatic hydroxyl groups is 10. The predicted molar refractivity (Wildman–Crippen MR) is 72.2 cm³/mol. The number of carboxylic acids is 2. The van der Waals surface area contributed by atoms with E-state index in [0.29, 0.717) is 0 Å². The number of carbonyl (C=O) groups excluding carboxylic acids is 2. The van der Waals surface area contributed by atoms with Gasteiger partial charge in [-0.05, 0) is 0 Å². The third-order valence-electron chi connectivity index (χ3n) is 2.99. The largest absolute Gasteiger partial charge is 2.00 e. The van der Waals surface area contributed by atoms with Crippen LogP contribution in [0.1, 0.15) is 0 Å². The van der Waals surface area contributed by atoms with Crippen LogP contribution in [-0.2, 0) is 26.7 Å². The predicted octanol–water partition coefficient (Wildman–Crippen LogP) is -9.66. The monoisotopic (exact) mass is 446 g/mol. The molecule has 14 nitrogen and oxygen atoms in total. The summed E-state index contributed by atoms with van der Waals surface area (Å²) in [7, 11) is 0. The second kappa shape index (κ2) is 15.0. The molecule has 0 fully saturated rings. The van der Waals surface area contributed by atoms with Gasteiger partial charge in [0.2, 0.25) is 0 Å². The number of aliphatic hydroxyl groups excluding tert-OH is 10. The Morgan fingerprint density at radius 3 is 0.963 bits per heavy atom. The summed E-state index contributed by atoms with van der Waals surface area (Å²) in [6, 6.07) is 0. The zero-order valence-electron chi connectivity index (χ0n) is 13.5. The molecule has 0 bridgehead atoms. The molecular formula is C12H22FeO14. The van der Waals surface area contributed by atoms with Crippen molar-refractivity contribution in [2.24, 2.45) is 0 Å². The van der Waals surface area contributed by atoms with Gasteiger partial charge in [0, 0.05) is 0 Å². The Morgan fingerprint density at radius 2 is 0.815 bits per heavy atom. The maximum absolute atomic E-state index is 9.98. The van der Waals surface area contributed by atoms with Gasteiger partial charge in [-0.2, -0.15) is 0 Å². The molecule has 0 spiro atoms. The summed E-state index contributed by atoms with van der Waals surface area (Å²) in [5, 5.41) is 107. The van der Waals surface area contributed by atoms with Crippen molar-refractivity contribution in [1.29, 1.82) is 0 Å². The zero-order chi connectivity index (χ0) is 21.2. The number of rotatable bonds is 10. The fourth-order valence-electron chi connectivity index (χ4n) is 1.32. The van der Waals surface area contributed by atoms with Gasteiger partial charge >= 0.3 is 17.1 Å². The van der Waals surface area contributed by atoms with Crippen LogP contribution in [0.2, 0.25) is 0 Å². The summed E-state index contributed by atoms with van der Waals surface area (Å²) in [6.45, 7) is -1.73. The minimum atomic E-state index is -2.31. The van der Waals surface area contributed by atoms with E-state index in [1.807, 2.05) is 0 Å². The molecule has 15 heteroatoms. The normalized spacial score (nSPS) is 19.6.